The molecule has 1 aromatic carbocycles. The van der Waals surface area contributed by atoms with Gasteiger partial charge in [0.2, 0.25) is 9.05 Å². The highest BCUT2D eigenvalue weighted by atomic mass is 35.7. The van der Waals surface area contributed by atoms with Gasteiger partial charge in [0.15, 0.2) is 0 Å². The SMILES string of the molecule is Cn1nc(CS(=O)(=O)Cl)c2ccccc21. The summed E-state index contributed by atoms with van der Waals surface area (Å²) in [6.45, 7) is 0. The smallest absolute Gasteiger partial charge is 0.238 e. The van der Waals surface area contributed by atoms with E-state index < -0.39 is 9.05 Å². The lowest BCUT2D eigenvalue weighted by molar-refractivity contribution is 0.607. The molecule has 0 amide bonds. The summed E-state index contributed by atoms with van der Waals surface area (Å²) >= 11 is 0. The maximum absolute atomic E-state index is 11.0. The number of benzene rings is 1. The third-order valence-corrected chi connectivity index (χ3v) is 3.09. The monoisotopic (exact) mass is 244 g/mol. The van der Waals surface area contributed by atoms with Crippen molar-refractivity contribution in [2.45, 2.75) is 5.75 Å². The van der Waals surface area contributed by atoms with E-state index in [-0.39, 0.29) is 5.75 Å². The Balaban J connectivity index is 2.62. The van der Waals surface area contributed by atoms with Crippen LogP contribution in [0.25, 0.3) is 10.9 Å². The summed E-state index contributed by atoms with van der Waals surface area (Å²) in [6.07, 6.45) is 0. The lowest BCUT2D eigenvalue weighted by Crippen LogP contribution is -1.97. The lowest BCUT2D eigenvalue weighted by Gasteiger charge is -1.92. The molecule has 0 fully saturated rings. The molecule has 0 aliphatic rings. The molecule has 0 bridgehead atoms. The number of hydrogen-bond acceptors (Lipinski definition) is 3. The second kappa shape index (κ2) is 3.50. The Kier molecular flexibility index (Phi) is 2.44. The van der Waals surface area contributed by atoms with E-state index in [9.17, 15) is 8.42 Å². The summed E-state index contributed by atoms with van der Waals surface area (Å²) in [4.78, 5) is 0. The minimum Gasteiger partial charge on any atom is -0.268 e. The molecule has 0 saturated carbocycles. The maximum atomic E-state index is 11.0. The first-order valence-corrected chi connectivity index (χ1v) is 6.78. The Labute approximate surface area is 91.9 Å². The lowest BCUT2D eigenvalue weighted by atomic mass is 10.2. The highest BCUT2D eigenvalue weighted by molar-refractivity contribution is 8.13. The van der Waals surface area contributed by atoms with Gasteiger partial charge in [-0.2, -0.15) is 5.10 Å². The molecule has 2 aromatic rings. The van der Waals surface area contributed by atoms with Gasteiger partial charge in [-0.25, -0.2) is 8.42 Å². The first kappa shape index (κ1) is 10.4. The van der Waals surface area contributed by atoms with Crippen molar-refractivity contribution in [1.82, 2.24) is 9.78 Å². The van der Waals surface area contributed by atoms with Crippen molar-refractivity contribution in [2.75, 3.05) is 0 Å². The summed E-state index contributed by atoms with van der Waals surface area (Å²) < 4.78 is 23.6. The Morgan fingerprint density at radius 1 is 1.40 bits per heavy atom. The number of aryl methyl sites for hydroxylation is 1. The zero-order valence-electron chi connectivity index (χ0n) is 8.01. The normalized spacial score (nSPS) is 12.1. The number of fused-ring (bicyclic) bond motifs is 1. The van der Waals surface area contributed by atoms with Crippen LogP contribution in [0.5, 0.6) is 0 Å². The van der Waals surface area contributed by atoms with E-state index in [2.05, 4.69) is 5.10 Å². The van der Waals surface area contributed by atoms with Gasteiger partial charge >= 0.3 is 0 Å². The predicted molar refractivity (Wildman–Crippen MR) is 59.2 cm³/mol. The first-order chi connectivity index (χ1) is 6.97. The summed E-state index contributed by atoms with van der Waals surface area (Å²) in [7, 11) is 3.41. The number of nitrogens with zero attached hydrogens (tertiary/aromatic N) is 2. The summed E-state index contributed by atoms with van der Waals surface area (Å²) in [5.41, 5.74) is 1.39. The number of rotatable bonds is 2. The van der Waals surface area contributed by atoms with Crippen LogP contribution < -0.4 is 0 Å². The van der Waals surface area contributed by atoms with Crippen molar-refractivity contribution in [2.24, 2.45) is 7.05 Å². The van der Waals surface area contributed by atoms with Crippen LogP contribution in [0.15, 0.2) is 24.3 Å². The quantitative estimate of drug-likeness (QED) is 0.755. The van der Waals surface area contributed by atoms with Crippen molar-refractivity contribution >= 4 is 30.6 Å². The molecule has 0 radical (unpaired) electrons. The standard InChI is InChI=1S/C9H9ClN2O2S/c1-12-9-5-3-2-4-7(9)8(11-12)6-15(10,13)14/h2-5H,6H2,1H3. The van der Waals surface area contributed by atoms with Gasteiger partial charge < -0.3 is 0 Å². The van der Waals surface area contributed by atoms with Crippen LogP contribution in [0, 0.1) is 0 Å². The Bertz CT molecular complexity index is 604. The highest BCUT2D eigenvalue weighted by Gasteiger charge is 2.14. The molecule has 0 unspecified atom stereocenters. The third kappa shape index (κ3) is 2.13. The van der Waals surface area contributed by atoms with Crippen molar-refractivity contribution in [3.05, 3.63) is 30.0 Å². The Morgan fingerprint density at radius 2 is 2.07 bits per heavy atom. The average Bonchev–Trinajstić information content (AvgIpc) is 2.42. The van der Waals surface area contributed by atoms with Crippen LogP contribution in [0.4, 0.5) is 0 Å². The van der Waals surface area contributed by atoms with Crippen LogP contribution in [-0.4, -0.2) is 18.2 Å². The number of aromatic nitrogens is 2. The van der Waals surface area contributed by atoms with E-state index in [1.54, 1.807) is 11.7 Å². The zero-order valence-corrected chi connectivity index (χ0v) is 9.59. The Hall–Kier alpha value is -1.07. The predicted octanol–water partition coefficient (Wildman–Crippen LogP) is 1.64. The molecule has 15 heavy (non-hydrogen) atoms. The average molecular weight is 245 g/mol. The highest BCUT2D eigenvalue weighted by Crippen LogP contribution is 2.20. The fourth-order valence-corrected chi connectivity index (χ4v) is 2.41. The van der Waals surface area contributed by atoms with Crippen LogP contribution >= 0.6 is 10.7 Å². The summed E-state index contributed by atoms with van der Waals surface area (Å²) in [5.74, 6) is -0.240. The molecule has 1 aromatic heterocycles. The second-order valence-corrected chi connectivity index (χ2v) is 6.05. The van der Waals surface area contributed by atoms with Gasteiger partial charge in [0.1, 0.15) is 5.75 Å². The molecule has 0 N–H and O–H groups in total. The molecule has 80 valence electrons. The molecule has 2 rings (SSSR count). The Morgan fingerprint density at radius 3 is 2.73 bits per heavy atom. The van der Waals surface area contributed by atoms with Crippen molar-refractivity contribution in [3.8, 4) is 0 Å². The molecule has 1 heterocycles. The zero-order chi connectivity index (χ0) is 11.1. The van der Waals surface area contributed by atoms with E-state index in [1.165, 1.54) is 0 Å². The van der Waals surface area contributed by atoms with E-state index in [0.717, 1.165) is 10.9 Å². The molecule has 0 aliphatic heterocycles. The summed E-state index contributed by atoms with van der Waals surface area (Å²) in [5, 5.41) is 4.95. The fraction of sp³-hybridized carbons (Fsp3) is 0.222. The van der Waals surface area contributed by atoms with Crippen LogP contribution in [0.1, 0.15) is 5.69 Å². The van der Waals surface area contributed by atoms with E-state index in [4.69, 9.17) is 10.7 Å². The van der Waals surface area contributed by atoms with Gasteiger partial charge in [-0.05, 0) is 6.07 Å². The van der Waals surface area contributed by atoms with Crippen LogP contribution in [-0.2, 0) is 21.9 Å². The number of halogens is 1. The molecule has 4 nitrogen and oxygen atoms in total. The van der Waals surface area contributed by atoms with Gasteiger partial charge in [0, 0.05) is 23.1 Å². The van der Waals surface area contributed by atoms with Gasteiger partial charge in [-0.1, -0.05) is 18.2 Å². The topological polar surface area (TPSA) is 52.0 Å². The molecule has 0 saturated heterocycles. The molecule has 0 spiro atoms. The first-order valence-electron chi connectivity index (χ1n) is 4.30. The van der Waals surface area contributed by atoms with E-state index in [0.29, 0.717) is 5.69 Å². The van der Waals surface area contributed by atoms with Crippen molar-refractivity contribution in [1.29, 1.82) is 0 Å². The molecular formula is C9H9ClN2O2S. The molecular weight excluding hydrogens is 236 g/mol. The largest absolute Gasteiger partial charge is 0.268 e. The van der Waals surface area contributed by atoms with Crippen molar-refractivity contribution < 1.29 is 8.42 Å². The van der Waals surface area contributed by atoms with Gasteiger partial charge in [-0.15, -0.1) is 0 Å². The van der Waals surface area contributed by atoms with Gasteiger partial charge in [0.25, 0.3) is 0 Å². The number of para-hydroxylation sites is 1. The minimum absolute atomic E-state index is 0.240. The molecule has 0 atom stereocenters. The fourth-order valence-electron chi connectivity index (χ4n) is 1.56. The van der Waals surface area contributed by atoms with Gasteiger partial charge in [-0.3, -0.25) is 4.68 Å². The van der Waals surface area contributed by atoms with Crippen LogP contribution in [0.3, 0.4) is 0 Å². The molecule has 0 aliphatic carbocycles. The van der Waals surface area contributed by atoms with Crippen molar-refractivity contribution in [3.63, 3.8) is 0 Å². The minimum atomic E-state index is -3.56. The van der Waals surface area contributed by atoms with E-state index in [1.807, 2.05) is 24.3 Å². The molecule has 6 heteroatoms. The second-order valence-electron chi connectivity index (χ2n) is 3.27. The van der Waals surface area contributed by atoms with Crippen LogP contribution in [0.2, 0.25) is 0 Å². The maximum Gasteiger partial charge on any atom is 0.238 e. The van der Waals surface area contributed by atoms with Gasteiger partial charge in [0.05, 0.1) is 11.2 Å². The van der Waals surface area contributed by atoms with E-state index >= 15 is 0 Å². The summed E-state index contributed by atoms with van der Waals surface area (Å²) in [6, 6.07) is 7.43. The number of hydrogen-bond donors (Lipinski definition) is 0. The third-order valence-electron chi connectivity index (χ3n) is 2.14.